The lowest BCUT2D eigenvalue weighted by atomic mass is 10.1. The maximum absolute atomic E-state index is 12.2. The zero-order valence-electron chi connectivity index (χ0n) is 16.0. The number of benzene rings is 1. The average Bonchev–Trinajstić information content (AvgIpc) is 3.15. The molecule has 146 valence electrons. The van der Waals surface area contributed by atoms with Crippen molar-refractivity contribution in [2.45, 2.75) is 6.54 Å². The van der Waals surface area contributed by atoms with E-state index in [0.717, 1.165) is 11.1 Å². The van der Waals surface area contributed by atoms with Crippen LogP contribution in [0.15, 0.2) is 66.6 Å². The van der Waals surface area contributed by atoms with Crippen LogP contribution in [0.25, 0.3) is 17.3 Å². The Bertz CT molecular complexity index is 1020. The molecule has 0 radical (unpaired) electrons. The summed E-state index contributed by atoms with van der Waals surface area (Å²) in [6.07, 6.45) is 6.66. The Morgan fingerprint density at radius 2 is 2.03 bits per heavy atom. The van der Waals surface area contributed by atoms with Gasteiger partial charge in [0.05, 0.1) is 13.2 Å². The monoisotopic (exact) mass is 388 g/mol. The molecule has 0 amide bonds. The molecule has 0 aliphatic rings. The molecule has 29 heavy (non-hydrogen) atoms. The largest absolute Gasteiger partial charge is 0.459 e. The zero-order chi connectivity index (χ0) is 20.5. The van der Waals surface area contributed by atoms with E-state index in [1.165, 1.54) is 13.2 Å². The first-order valence-corrected chi connectivity index (χ1v) is 9.01. The number of methoxy groups -OCH3 is 1. The van der Waals surface area contributed by atoms with Gasteiger partial charge in [-0.3, -0.25) is 9.67 Å². The van der Waals surface area contributed by atoms with Gasteiger partial charge in [0, 0.05) is 36.8 Å². The summed E-state index contributed by atoms with van der Waals surface area (Å²) in [4.78, 5) is 16.3. The predicted octanol–water partition coefficient (Wildman–Crippen LogP) is 3.09. The fourth-order valence-corrected chi connectivity index (χ4v) is 2.71. The standard InChI is InChI=1S/C22H20N4O3/c1-28-10-11-29-22(27)19(13-23)12-20-16-26(15-17-6-3-2-4-7-17)25-21(20)18-8-5-9-24-14-18/h2-9,12,14,16H,10-11,15H2,1H3/b19-12+. The number of nitrogens with zero attached hydrogens (tertiary/aromatic N) is 4. The van der Waals surface area contributed by atoms with Crippen LogP contribution in [0, 0.1) is 11.3 Å². The topological polar surface area (TPSA) is 90.0 Å². The molecule has 7 nitrogen and oxygen atoms in total. The lowest BCUT2D eigenvalue weighted by Gasteiger charge is -2.03. The molecule has 0 spiro atoms. The number of carbonyl (C=O) groups is 1. The van der Waals surface area contributed by atoms with E-state index in [1.54, 1.807) is 23.3 Å². The minimum atomic E-state index is -0.697. The van der Waals surface area contributed by atoms with Crippen LogP contribution in [0.5, 0.6) is 0 Å². The molecule has 2 aromatic heterocycles. The molecule has 0 atom stereocenters. The van der Waals surface area contributed by atoms with Crippen LogP contribution in [-0.2, 0) is 20.8 Å². The summed E-state index contributed by atoms with van der Waals surface area (Å²) in [5.74, 6) is -0.697. The highest BCUT2D eigenvalue weighted by atomic mass is 16.6. The second kappa shape index (κ2) is 9.97. The third-order valence-electron chi connectivity index (χ3n) is 4.07. The lowest BCUT2D eigenvalue weighted by Crippen LogP contribution is -2.11. The summed E-state index contributed by atoms with van der Waals surface area (Å²) < 4.78 is 11.7. The Hall–Kier alpha value is -3.76. The fourth-order valence-electron chi connectivity index (χ4n) is 2.71. The van der Waals surface area contributed by atoms with Crippen molar-refractivity contribution in [3.8, 4) is 17.3 Å². The highest BCUT2D eigenvalue weighted by Gasteiger charge is 2.15. The Morgan fingerprint density at radius 3 is 2.72 bits per heavy atom. The van der Waals surface area contributed by atoms with Crippen LogP contribution in [0.2, 0.25) is 0 Å². The van der Waals surface area contributed by atoms with Crippen molar-refractivity contribution in [3.05, 3.63) is 77.8 Å². The quantitative estimate of drug-likeness (QED) is 0.255. The molecule has 7 heteroatoms. The smallest absolute Gasteiger partial charge is 0.348 e. The molecule has 3 aromatic rings. The van der Waals surface area contributed by atoms with Gasteiger partial charge in [-0.1, -0.05) is 30.3 Å². The lowest BCUT2D eigenvalue weighted by molar-refractivity contribution is -0.139. The first-order valence-electron chi connectivity index (χ1n) is 9.01. The summed E-state index contributed by atoms with van der Waals surface area (Å²) in [5, 5.41) is 14.1. The van der Waals surface area contributed by atoms with Crippen molar-refractivity contribution in [2.75, 3.05) is 20.3 Å². The molecular formula is C22H20N4O3. The van der Waals surface area contributed by atoms with Crippen molar-refractivity contribution in [1.29, 1.82) is 5.26 Å². The molecule has 0 aliphatic carbocycles. The molecule has 3 rings (SSSR count). The SMILES string of the molecule is COCCOC(=O)/C(C#N)=C/c1cn(Cc2ccccc2)nc1-c1cccnc1. The van der Waals surface area contributed by atoms with E-state index < -0.39 is 5.97 Å². The minimum absolute atomic E-state index is 0.0804. The van der Waals surface area contributed by atoms with Crippen molar-refractivity contribution in [3.63, 3.8) is 0 Å². The maximum atomic E-state index is 12.2. The second-order valence-electron chi connectivity index (χ2n) is 6.16. The number of rotatable bonds is 8. The first kappa shape index (κ1) is 20.0. The molecule has 1 aromatic carbocycles. The number of aromatic nitrogens is 3. The number of esters is 1. The number of hydrogen-bond acceptors (Lipinski definition) is 6. The van der Waals surface area contributed by atoms with Gasteiger partial charge in [0.1, 0.15) is 23.9 Å². The number of nitriles is 1. The molecule has 0 saturated heterocycles. The molecule has 2 heterocycles. The van der Waals surface area contributed by atoms with E-state index in [9.17, 15) is 10.1 Å². The molecule has 0 unspecified atom stereocenters. The molecular weight excluding hydrogens is 368 g/mol. The number of ether oxygens (including phenoxy) is 2. The Kier molecular flexibility index (Phi) is 6.87. The minimum Gasteiger partial charge on any atom is -0.459 e. The van der Waals surface area contributed by atoms with Crippen molar-refractivity contribution >= 4 is 12.0 Å². The number of hydrogen-bond donors (Lipinski definition) is 0. The average molecular weight is 388 g/mol. The summed E-state index contributed by atoms with van der Waals surface area (Å²) in [6.45, 7) is 0.902. The Labute approximate surface area is 168 Å². The second-order valence-corrected chi connectivity index (χ2v) is 6.16. The summed E-state index contributed by atoms with van der Waals surface area (Å²) in [6, 6.07) is 15.5. The molecule has 0 N–H and O–H groups in total. The van der Waals surface area contributed by atoms with Crippen LogP contribution >= 0.6 is 0 Å². The highest BCUT2D eigenvalue weighted by molar-refractivity contribution is 5.98. The van der Waals surface area contributed by atoms with Gasteiger partial charge in [0.25, 0.3) is 0 Å². The third kappa shape index (κ3) is 5.37. The molecule has 0 saturated carbocycles. The fraction of sp³-hybridized carbons (Fsp3) is 0.182. The van der Waals surface area contributed by atoms with Gasteiger partial charge in [-0.25, -0.2) is 4.79 Å². The zero-order valence-corrected chi connectivity index (χ0v) is 16.0. The van der Waals surface area contributed by atoms with Crippen LogP contribution in [0.1, 0.15) is 11.1 Å². The van der Waals surface area contributed by atoms with E-state index in [-0.39, 0.29) is 18.8 Å². The van der Waals surface area contributed by atoms with E-state index in [0.29, 0.717) is 17.8 Å². The maximum Gasteiger partial charge on any atom is 0.348 e. The van der Waals surface area contributed by atoms with Gasteiger partial charge >= 0.3 is 5.97 Å². The van der Waals surface area contributed by atoms with Crippen molar-refractivity contribution in [2.24, 2.45) is 0 Å². The van der Waals surface area contributed by atoms with Crippen LogP contribution < -0.4 is 0 Å². The van der Waals surface area contributed by atoms with E-state index in [1.807, 2.05) is 48.5 Å². The van der Waals surface area contributed by atoms with Crippen LogP contribution in [-0.4, -0.2) is 41.1 Å². The van der Waals surface area contributed by atoms with Crippen LogP contribution in [0.4, 0.5) is 0 Å². The van der Waals surface area contributed by atoms with E-state index >= 15 is 0 Å². The van der Waals surface area contributed by atoms with E-state index in [4.69, 9.17) is 9.47 Å². The van der Waals surface area contributed by atoms with Gasteiger partial charge in [-0.05, 0) is 23.8 Å². The van der Waals surface area contributed by atoms with Crippen molar-refractivity contribution in [1.82, 2.24) is 14.8 Å². The third-order valence-corrected chi connectivity index (χ3v) is 4.07. The summed E-state index contributed by atoms with van der Waals surface area (Å²) in [7, 11) is 1.51. The Morgan fingerprint density at radius 1 is 1.21 bits per heavy atom. The number of carbonyl (C=O) groups excluding carboxylic acids is 1. The highest BCUT2D eigenvalue weighted by Crippen LogP contribution is 2.24. The summed E-state index contributed by atoms with van der Waals surface area (Å²) in [5.41, 5.74) is 3.03. The molecule has 0 fully saturated rings. The van der Waals surface area contributed by atoms with Gasteiger partial charge in [0.15, 0.2) is 0 Å². The van der Waals surface area contributed by atoms with E-state index in [2.05, 4.69) is 10.1 Å². The van der Waals surface area contributed by atoms with Crippen molar-refractivity contribution < 1.29 is 14.3 Å². The molecule has 0 aliphatic heterocycles. The van der Waals surface area contributed by atoms with Gasteiger partial charge < -0.3 is 9.47 Å². The first-order chi connectivity index (χ1) is 14.2. The normalized spacial score (nSPS) is 11.1. The summed E-state index contributed by atoms with van der Waals surface area (Å²) >= 11 is 0. The van der Waals surface area contributed by atoms with Gasteiger partial charge in [-0.2, -0.15) is 10.4 Å². The predicted molar refractivity (Wildman–Crippen MR) is 107 cm³/mol. The Balaban J connectivity index is 1.95. The van der Waals surface area contributed by atoms with Gasteiger partial charge in [-0.15, -0.1) is 0 Å². The van der Waals surface area contributed by atoms with Gasteiger partial charge in [0.2, 0.25) is 0 Å². The van der Waals surface area contributed by atoms with Crippen LogP contribution in [0.3, 0.4) is 0 Å². The molecule has 0 bridgehead atoms. The number of pyridine rings is 1.